The molecular weight excluding hydrogens is 248 g/mol. The molecule has 0 saturated heterocycles. The third-order valence-corrected chi connectivity index (χ3v) is 4.59. The van der Waals surface area contributed by atoms with Crippen LogP contribution in [0.25, 0.3) is 0 Å². The van der Waals surface area contributed by atoms with Crippen LogP contribution in [0.2, 0.25) is 0 Å². The van der Waals surface area contributed by atoms with Gasteiger partial charge in [0.25, 0.3) is 0 Å². The average Bonchev–Trinajstić information content (AvgIpc) is 2.44. The fourth-order valence-electron chi connectivity index (χ4n) is 1.95. The fraction of sp³-hybridized carbons (Fsp3) is 0.667. The monoisotopic (exact) mass is 260 g/mol. The van der Waals surface area contributed by atoms with Crippen LogP contribution in [0.5, 0.6) is 0 Å². The third kappa shape index (κ3) is 1.67. The van der Waals surface area contributed by atoms with E-state index in [1.165, 1.54) is 24.3 Å². The molecule has 2 nitrogen and oxygen atoms in total. The molecule has 1 aliphatic rings. The van der Waals surface area contributed by atoms with Crippen LogP contribution in [0.4, 0.5) is 0 Å². The van der Waals surface area contributed by atoms with Crippen LogP contribution < -0.4 is 5.73 Å². The van der Waals surface area contributed by atoms with Crippen molar-refractivity contribution in [3.8, 4) is 0 Å². The maximum Gasteiger partial charge on any atom is 0.0998 e. The lowest BCUT2D eigenvalue weighted by atomic mass is 9.67. The van der Waals surface area contributed by atoms with E-state index in [2.05, 4.69) is 20.9 Å². The molecule has 2 rings (SSSR count). The van der Waals surface area contributed by atoms with Gasteiger partial charge in [-0.25, -0.2) is 4.98 Å². The van der Waals surface area contributed by atoms with Gasteiger partial charge in [-0.2, -0.15) is 0 Å². The zero-order valence-electron chi connectivity index (χ0n) is 7.42. The van der Waals surface area contributed by atoms with Crippen LogP contribution in [0, 0.1) is 0 Å². The molecule has 1 heterocycles. The molecule has 1 aliphatic carbocycles. The number of nitrogens with two attached hydrogens (primary N) is 1. The topological polar surface area (TPSA) is 38.9 Å². The minimum absolute atomic E-state index is 0.339. The molecule has 1 aromatic heterocycles. The van der Waals surface area contributed by atoms with Crippen molar-refractivity contribution in [1.29, 1.82) is 0 Å². The van der Waals surface area contributed by atoms with Gasteiger partial charge in [-0.05, 0) is 41.7 Å². The molecule has 4 heteroatoms. The summed E-state index contributed by atoms with van der Waals surface area (Å²) in [5.41, 5.74) is 5.97. The van der Waals surface area contributed by atoms with Crippen LogP contribution in [-0.4, -0.2) is 11.5 Å². The van der Waals surface area contributed by atoms with Crippen molar-refractivity contribution < 1.29 is 0 Å². The van der Waals surface area contributed by atoms with E-state index in [0.717, 1.165) is 16.8 Å². The van der Waals surface area contributed by atoms with Gasteiger partial charge in [0, 0.05) is 5.41 Å². The summed E-state index contributed by atoms with van der Waals surface area (Å²) in [6.07, 6.45) is 6.86. The summed E-state index contributed by atoms with van der Waals surface area (Å²) in [4.78, 5) is 4.44. The van der Waals surface area contributed by atoms with E-state index in [1.807, 2.05) is 6.20 Å². The van der Waals surface area contributed by atoms with E-state index in [0.29, 0.717) is 5.41 Å². The van der Waals surface area contributed by atoms with Gasteiger partial charge in [-0.1, -0.05) is 6.42 Å². The van der Waals surface area contributed by atoms with Gasteiger partial charge in [0.15, 0.2) is 0 Å². The number of hydrogen-bond acceptors (Lipinski definition) is 3. The number of hydrogen-bond donors (Lipinski definition) is 1. The molecule has 1 saturated carbocycles. The Kier molecular flexibility index (Phi) is 2.72. The number of nitrogens with zero attached hydrogens (tertiary/aromatic N) is 1. The number of halogens is 1. The summed E-state index contributed by atoms with van der Waals surface area (Å²) in [5.74, 6) is 0. The summed E-state index contributed by atoms with van der Waals surface area (Å²) >= 11 is 5.21. The maximum absolute atomic E-state index is 5.63. The van der Waals surface area contributed by atoms with Gasteiger partial charge in [-0.3, -0.25) is 0 Å². The zero-order valence-corrected chi connectivity index (χ0v) is 9.83. The van der Waals surface area contributed by atoms with E-state index in [1.54, 1.807) is 11.3 Å². The second kappa shape index (κ2) is 3.67. The highest BCUT2D eigenvalue weighted by Crippen LogP contribution is 2.47. The second-order valence-corrected chi connectivity index (χ2v) is 6.05. The van der Waals surface area contributed by atoms with E-state index in [4.69, 9.17) is 5.73 Å². The van der Waals surface area contributed by atoms with Gasteiger partial charge in [-0.15, -0.1) is 11.3 Å². The van der Waals surface area contributed by atoms with Gasteiger partial charge >= 0.3 is 0 Å². The molecule has 2 N–H and O–H groups in total. The molecule has 0 radical (unpaired) electrons. The number of aromatic nitrogens is 1. The van der Waals surface area contributed by atoms with E-state index in [-0.39, 0.29) is 0 Å². The average molecular weight is 261 g/mol. The van der Waals surface area contributed by atoms with E-state index in [9.17, 15) is 0 Å². The fourth-order valence-corrected chi connectivity index (χ4v) is 3.43. The van der Waals surface area contributed by atoms with Crippen LogP contribution in [-0.2, 0) is 5.41 Å². The highest BCUT2D eigenvalue weighted by Gasteiger charge is 2.40. The molecule has 1 fully saturated rings. The molecule has 0 aromatic carbocycles. The second-order valence-electron chi connectivity index (χ2n) is 3.64. The summed E-state index contributed by atoms with van der Waals surface area (Å²) in [7, 11) is 0. The van der Waals surface area contributed by atoms with Gasteiger partial charge < -0.3 is 5.73 Å². The Labute approximate surface area is 90.7 Å². The van der Waals surface area contributed by atoms with Crippen LogP contribution in [0.3, 0.4) is 0 Å². The highest BCUT2D eigenvalue weighted by molar-refractivity contribution is 9.11. The molecule has 0 unspecified atom stereocenters. The van der Waals surface area contributed by atoms with Crippen molar-refractivity contribution in [3.63, 3.8) is 0 Å². The predicted molar refractivity (Wildman–Crippen MR) is 59.0 cm³/mol. The summed E-state index contributed by atoms with van der Waals surface area (Å²) in [5, 5.41) is 1.27. The SMILES string of the molecule is NCCC1(c2ncc(Br)s2)CCC1. The standard InChI is InChI=1S/C9H13BrN2S/c10-7-6-12-8(13-7)9(4-5-11)2-1-3-9/h6H,1-5,11H2. The minimum Gasteiger partial charge on any atom is -0.330 e. The van der Waals surface area contributed by atoms with Crippen molar-refractivity contribution in [2.24, 2.45) is 5.73 Å². The quantitative estimate of drug-likeness (QED) is 0.908. The van der Waals surface area contributed by atoms with Gasteiger partial charge in [0.1, 0.15) is 0 Å². The summed E-state index contributed by atoms with van der Waals surface area (Å²) < 4.78 is 1.13. The number of rotatable bonds is 3. The first-order valence-electron chi connectivity index (χ1n) is 4.59. The maximum atomic E-state index is 5.63. The smallest absolute Gasteiger partial charge is 0.0998 e. The third-order valence-electron chi connectivity index (χ3n) is 2.86. The molecule has 13 heavy (non-hydrogen) atoms. The molecule has 0 bridgehead atoms. The number of thiazole rings is 1. The van der Waals surface area contributed by atoms with Crippen molar-refractivity contribution >= 4 is 27.3 Å². The molecule has 0 atom stereocenters. The minimum atomic E-state index is 0.339. The van der Waals surface area contributed by atoms with Crippen molar-refractivity contribution in [2.45, 2.75) is 31.1 Å². The van der Waals surface area contributed by atoms with Crippen LogP contribution in [0.15, 0.2) is 9.98 Å². The van der Waals surface area contributed by atoms with Gasteiger partial charge in [0.05, 0.1) is 15.0 Å². The van der Waals surface area contributed by atoms with E-state index >= 15 is 0 Å². The van der Waals surface area contributed by atoms with Crippen LogP contribution in [0.1, 0.15) is 30.7 Å². The Morgan fingerprint density at radius 3 is 2.77 bits per heavy atom. The lowest BCUT2D eigenvalue weighted by molar-refractivity contribution is 0.228. The predicted octanol–water partition coefficient (Wildman–Crippen LogP) is 2.68. The Morgan fingerprint density at radius 1 is 1.62 bits per heavy atom. The summed E-state index contributed by atoms with van der Waals surface area (Å²) in [6.45, 7) is 0.775. The molecule has 0 amide bonds. The normalized spacial score (nSPS) is 19.8. The first-order valence-corrected chi connectivity index (χ1v) is 6.20. The zero-order chi connectivity index (χ0) is 9.31. The lowest BCUT2D eigenvalue weighted by Gasteiger charge is -2.40. The Hall–Kier alpha value is 0.0700. The molecule has 72 valence electrons. The Balaban J connectivity index is 2.21. The molecule has 0 spiro atoms. The first kappa shape index (κ1) is 9.62. The van der Waals surface area contributed by atoms with Crippen molar-refractivity contribution in [1.82, 2.24) is 4.98 Å². The van der Waals surface area contributed by atoms with Gasteiger partial charge in [0.2, 0.25) is 0 Å². The van der Waals surface area contributed by atoms with E-state index < -0.39 is 0 Å². The van der Waals surface area contributed by atoms with Crippen LogP contribution >= 0.6 is 27.3 Å². The molecule has 0 aliphatic heterocycles. The Bertz CT molecular complexity index is 294. The first-order chi connectivity index (χ1) is 6.27. The van der Waals surface area contributed by atoms with Crippen molar-refractivity contribution in [2.75, 3.05) is 6.54 Å². The van der Waals surface area contributed by atoms with Crippen molar-refractivity contribution in [3.05, 3.63) is 15.0 Å². The molecule has 1 aromatic rings. The Morgan fingerprint density at radius 2 is 2.38 bits per heavy atom. The lowest BCUT2D eigenvalue weighted by Crippen LogP contribution is -2.36. The largest absolute Gasteiger partial charge is 0.330 e. The summed E-state index contributed by atoms with van der Waals surface area (Å²) in [6, 6.07) is 0. The molecular formula is C9H13BrN2S. The highest BCUT2D eigenvalue weighted by atomic mass is 79.9.